The van der Waals surface area contributed by atoms with E-state index in [0.29, 0.717) is 16.6 Å². The summed E-state index contributed by atoms with van der Waals surface area (Å²) in [5.41, 5.74) is 0.960. The van der Waals surface area contributed by atoms with Crippen molar-refractivity contribution in [3.8, 4) is 0 Å². The van der Waals surface area contributed by atoms with Gasteiger partial charge in [0.25, 0.3) is 0 Å². The Kier molecular flexibility index (Phi) is 5.43. The van der Waals surface area contributed by atoms with Gasteiger partial charge in [0, 0.05) is 9.92 Å². The Bertz CT molecular complexity index is 818. The van der Waals surface area contributed by atoms with Gasteiger partial charge in [-0.2, -0.15) is 0 Å². The van der Waals surface area contributed by atoms with E-state index >= 15 is 0 Å². The maximum atomic E-state index is 12.0. The maximum Gasteiger partial charge on any atom is 0.230 e. The highest BCUT2D eigenvalue weighted by atomic mass is 35.5. The SMILES string of the molecule is O=C(CSc1cc(Cl)ccc1Cl)NCc1nc2ccccc2s1. The van der Waals surface area contributed by atoms with Gasteiger partial charge in [-0.25, -0.2) is 4.98 Å². The first-order chi connectivity index (χ1) is 11.1. The van der Waals surface area contributed by atoms with E-state index in [0.717, 1.165) is 20.1 Å². The lowest BCUT2D eigenvalue weighted by Crippen LogP contribution is -2.24. The number of para-hydroxylation sites is 1. The molecule has 0 saturated heterocycles. The lowest BCUT2D eigenvalue weighted by Gasteiger charge is -2.05. The number of carbonyl (C=O) groups is 1. The second-order valence-corrected chi connectivity index (χ2v) is 7.69. The number of hydrogen-bond acceptors (Lipinski definition) is 4. The molecule has 0 bridgehead atoms. The van der Waals surface area contributed by atoms with Crippen molar-refractivity contribution in [2.24, 2.45) is 0 Å². The summed E-state index contributed by atoms with van der Waals surface area (Å²) in [7, 11) is 0. The average molecular weight is 383 g/mol. The van der Waals surface area contributed by atoms with Crippen LogP contribution in [0.2, 0.25) is 10.0 Å². The van der Waals surface area contributed by atoms with E-state index < -0.39 is 0 Å². The molecule has 0 unspecified atom stereocenters. The summed E-state index contributed by atoms with van der Waals surface area (Å²) in [4.78, 5) is 17.3. The highest BCUT2D eigenvalue weighted by Crippen LogP contribution is 2.29. The molecule has 23 heavy (non-hydrogen) atoms. The van der Waals surface area contributed by atoms with E-state index in [1.165, 1.54) is 11.8 Å². The summed E-state index contributed by atoms with van der Waals surface area (Å²) >= 11 is 15.0. The number of aromatic nitrogens is 1. The van der Waals surface area contributed by atoms with Crippen molar-refractivity contribution in [3.05, 3.63) is 57.5 Å². The van der Waals surface area contributed by atoms with Gasteiger partial charge in [0.05, 0.1) is 27.5 Å². The Labute approximate surface area is 152 Å². The fraction of sp³-hybridized carbons (Fsp3) is 0.125. The van der Waals surface area contributed by atoms with E-state index in [1.807, 2.05) is 24.3 Å². The fourth-order valence-corrected chi connectivity index (χ4v) is 4.18. The van der Waals surface area contributed by atoms with Gasteiger partial charge in [-0.1, -0.05) is 35.3 Å². The van der Waals surface area contributed by atoms with Crippen LogP contribution in [0.5, 0.6) is 0 Å². The molecule has 0 aliphatic heterocycles. The minimum Gasteiger partial charge on any atom is -0.349 e. The molecular formula is C16H12Cl2N2OS2. The Hall–Kier alpha value is -1.27. The van der Waals surface area contributed by atoms with E-state index in [4.69, 9.17) is 23.2 Å². The minimum atomic E-state index is -0.0645. The number of nitrogens with zero attached hydrogens (tertiary/aromatic N) is 1. The van der Waals surface area contributed by atoms with Crippen molar-refractivity contribution in [3.63, 3.8) is 0 Å². The third-order valence-corrected chi connectivity index (χ3v) is 5.80. The molecule has 0 fully saturated rings. The first-order valence-electron chi connectivity index (χ1n) is 6.81. The zero-order chi connectivity index (χ0) is 16.2. The Morgan fingerprint density at radius 1 is 1.22 bits per heavy atom. The van der Waals surface area contributed by atoms with E-state index in [9.17, 15) is 4.79 Å². The summed E-state index contributed by atoms with van der Waals surface area (Å²) in [6.45, 7) is 0.433. The molecular weight excluding hydrogens is 371 g/mol. The van der Waals surface area contributed by atoms with Crippen LogP contribution in [0.3, 0.4) is 0 Å². The summed E-state index contributed by atoms with van der Waals surface area (Å²) < 4.78 is 1.12. The van der Waals surface area contributed by atoms with Crippen molar-refractivity contribution in [2.75, 3.05) is 5.75 Å². The molecule has 2 aromatic carbocycles. The first kappa shape index (κ1) is 16.6. The van der Waals surface area contributed by atoms with Crippen LogP contribution in [-0.4, -0.2) is 16.6 Å². The summed E-state index contributed by atoms with van der Waals surface area (Å²) in [5, 5.41) is 4.97. The van der Waals surface area contributed by atoms with Gasteiger partial charge in [-0.05, 0) is 30.3 Å². The van der Waals surface area contributed by atoms with Crippen LogP contribution in [0.4, 0.5) is 0 Å². The smallest absolute Gasteiger partial charge is 0.230 e. The number of fused-ring (bicyclic) bond motifs is 1. The van der Waals surface area contributed by atoms with Gasteiger partial charge < -0.3 is 5.32 Å². The van der Waals surface area contributed by atoms with Crippen molar-refractivity contribution in [2.45, 2.75) is 11.4 Å². The number of halogens is 2. The molecule has 0 aliphatic carbocycles. The zero-order valence-corrected chi connectivity index (χ0v) is 15.0. The van der Waals surface area contributed by atoms with Gasteiger partial charge in [0.15, 0.2) is 0 Å². The Morgan fingerprint density at radius 2 is 2.04 bits per heavy atom. The van der Waals surface area contributed by atoms with Crippen LogP contribution >= 0.6 is 46.3 Å². The number of nitrogens with one attached hydrogen (secondary N) is 1. The van der Waals surface area contributed by atoms with Crippen LogP contribution in [0.15, 0.2) is 47.4 Å². The standard InChI is InChI=1S/C16H12Cl2N2OS2/c17-10-5-6-11(18)14(7-10)22-9-15(21)19-8-16-20-12-3-1-2-4-13(12)23-16/h1-7H,8-9H2,(H,19,21). The third kappa shape index (κ3) is 4.38. The second kappa shape index (κ2) is 7.53. The molecule has 1 heterocycles. The molecule has 3 nitrogen and oxygen atoms in total. The Balaban J connectivity index is 1.54. The number of carbonyl (C=O) groups excluding carboxylic acids is 1. The van der Waals surface area contributed by atoms with Crippen LogP contribution in [-0.2, 0) is 11.3 Å². The minimum absolute atomic E-state index is 0.0645. The normalized spacial score (nSPS) is 10.9. The fourth-order valence-electron chi connectivity index (χ4n) is 1.95. The van der Waals surface area contributed by atoms with E-state index in [-0.39, 0.29) is 11.7 Å². The number of rotatable bonds is 5. The van der Waals surface area contributed by atoms with Crippen LogP contribution < -0.4 is 5.32 Å². The lowest BCUT2D eigenvalue weighted by atomic mass is 10.3. The van der Waals surface area contributed by atoms with Crippen LogP contribution in [0, 0.1) is 0 Å². The molecule has 0 atom stereocenters. The van der Waals surface area contributed by atoms with Gasteiger partial charge in [0.1, 0.15) is 5.01 Å². The highest BCUT2D eigenvalue weighted by molar-refractivity contribution is 8.00. The second-order valence-electron chi connectivity index (χ2n) is 4.72. The van der Waals surface area contributed by atoms with Crippen molar-refractivity contribution in [1.29, 1.82) is 0 Å². The largest absolute Gasteiger partial charge is 0.349 e. The van der Waals surface area contributed by atoms with Gasteiger partial charge in [-0.3, -0.25) is 4.79 Å². The molecule has 0 spiro atoms. The third-order valence-electron chi connectivity index (χ3n) is 3.03. The topological polar surface area (TPSA) is 42.0 Å². The molecule has 1 N–H and O–H groups in total. The predicted molar refractivity (Wildman–Crippen MR) is 98.7 cm³/mol. The lowest BCUT2D eigenvalue weighted by molar-refractivity contribution is -0.118. The van der Waals surface area contributed by atoms with E-state index in [2.05, 4.69) is 10.3 Å². The number of benzene rings is 2. The molecule has 3 aromatic rings. The molecule has 7 heteroatoms. The monoisotopic (exact) mass is 382 g/mol. The summed E-state index contributed by atoms with van der Waals surface area (Å²) in [6.07, 6.45) is 0. The van der Waals surface area contributed by atoms with Crippen LogP contribution in [0.25, 0.3) is 10.2 Å². The van der Waals surface area contributed by atoms with Crippen molar-refractivity contribution in [1.82, 2.24) is 10.3 Å². The zero-order valence-electron chi connectivity index (χ0n) is 11.9. The Morgan fingerprint density at radius 3 is 2.87 bits per heavy atom. The van der Waals surface area contributed by atoms with Crippen LogP contribution in [0.1, 0.15) is 5.01 Å². The van der Waals surface area contributed by atoms with E-state index in [1.54, 1.807) is 29.5 Å². The molecule has 0 radical (unpaired) electrons. The molecule has 1 aromatic heterocycles. The quantitative estimate of drug-likeness (QED) is 0.630. The van der Waals surface area contributed by atoms with Gasteiger partial charge in [0.2, 0.25) is 5.91 Å². The maximum absolute atomic E-state index is 12.0. The van der Waals surface area contributed by atoms with Gasteiger partial charge >= 0.3 is 0 Å². The average Bonchev–Trinajstić information content (AvgIpc) is 2.96. The van der Waals surface area contributed by atoms with Gasteiger partial charge in [-0.15, -0.1) is 23.1 Å². The molecule has 1 amide bonds. The number of thioether (sulfide) groups is 1. The summed E-state index contributed by atoms with van der Waals surface area (Å²) in [5.74, 6) is 0.218. The molecule has 0 saturated carbocycles. The summed E-state index contributed by atoms with van der Waals surface area (Å²) in [6, 6.07) is 13.1. The van der Waals surface area contributed by atoms with Crippen molar-refractivity contribution < 1.29 is 4.79 Å². The number of hydrogen-bond donors (Lipinski definition) is 1. The predicted octanol–water partition coefficient (Wildman–Crippen LogP) is 5.01. The molecule has 118 valence electrons. The number of amides is 1. The first-order valence-corrected chi connectivity index (χ1v) is 9.36. The molecule has 3 rings (SSSR count). The highest BCUT2D eigenvalue weighted by Gasteiger charge is 2.08. The molecule has 0 aliphatic rings. The number of thiazole rings is 1. The van der Waals surface area contributed by atoms with Crippen molar-refractivity contribution >= 4 is 62.4 Å².